The van der Waals surface area contributed by atoms with Crippen LogP contribution in [0.25, 0.3) is 11.1 Å². The van der Waals surface area contributed by atoms with Gasteiger partial charge in [0.1, 0.15) is 6.61 Å². The fourth-order valence-corrected chi connectivity index (χ4v) is 4.24. The van der Waals surface area contributed by atoms with Gasteiger partial charge in [-0.3, -0.25) is 9.59 Å². The molecule has 2 aromatic carbocycles. The zero-order valence-corrected chi connectivity index (χ0v) is 19.3. The molecule has 0 saturated carbocycles. The van der Waals surface area contributed by atoms with E-state index in [2.05, 4.69) is 34.9 Å². The predicted molar refractivity (Wildman–Crippen MR) is 126 cm³/mol. The number of carbonyl (C=O) groups is 3. The van der Waals surface area contributed by atoms with Gasteiger partial charge in [-0.1, -0.05) is 69.3 Å². The molecule has 2 aromatic rings. The fraction of sp³-hybridized carbons (Fsp3) is 0.423. The zero-order chi connectivity index (χ0) is 24.0. The molecule has 0 aromatic heterocycles. The highest BCUT2D eigenvalue weighted by Crippen LogP contribution is 2.44. The highest BCUT2D eigenvalue weighted by molar-refractivity contribution is 5.80. The molecule has 0 aliphatic heterocycles. The number of benzene rings is 2. The van der Waals surface area contributed by atoms with Gasteiger partial charge in [0.05, 0.1) is 6.42 Å². The van der Waals surface area contributed by atoms with Gasteiger partial charge in [0.15, 0.2) is 0 Å². The second-order valence-corrected chi connectivity index (χ2v) is 8.80. The van der Waals surface area contributed by atoms with E-state index in [1.165, 1.54) is 0 Å². The summed E-state index contributed by atoms with van der Waals surface area (Å²) in [5, 5.41) is 14.5. The van der Waals surface area contributed by atoms with Crippen molar-refractivity contribution < 1.29 is 24.2 Å². The third-order valence-corrected chi connectivity index (χ3v) is 6.14. The molecule has 0 heterocycles. The SMILES string of the molecule is CC[C@H](CC(=O)O)NC(=O)C[C@H](NC(=O)OCC1c2ccccc2-c2ccccc21)C(C)C. The van der Waals surface area contributed by atoms with E-state index in [4.69, 9.17) is 9.84 Å². The van der Waals surface area contributed by atoms with Crippen molar-refractivity contribution in [3.63, 3.8) is 0 Å². The van der Waals surface area contributed by atoms with E-state index >= 15 is 0 Å². The molecule has 7 nitrogen and oxygen atoms in total. The van der Waals surface area contributed by atoms with E-state index in [-0.39, 0.29) is 37.2 Å². The highest BCUT2D eigenvalue weighted by atomic mass is 16.5. The van der Waals surface area contributed by atoms with Crippen LogP contribution < -0.4 is 10.6 Å². The highest BCUT2D eigenvalue weighted by Gasteiger charge is 2.29. The Morgan fingerprint density at radius 1 is 0.939 bits per heavy atom. The lowest BCUT2D eigenvalue weighted by molar-refractivity contribution is -0.137. The van der Waals surface area contributed by atoms with E-state index < -0.39 is 24.1 Å². The summed E-state index contributed by atoms with van der Waals surface area (Å²) in [5.41, 5.74) is 4.59. The number of rotatable bonds is 10. The smallest absolute Gasteiger partial charge is 0.407 e. The summed E-state index contributed by atoms with van der Waals surface area (Å²) < 4.78 is 5.60. The topological polar surface area (TPSA) is 105 Å². The molecule has 0 unspecified atom stereocenters. The van der Waals surface area contributed by atoms with Crippen LogP contribution in [0.2, 0.25) is 0 Å². The van der Waals surface area contributed by atoms with Gasteiger partial charge in [0, 0.05) is 24.4 Å². The summed E-state index contributed by atoms with van der Waals surface area (Å²) in [5.74, 6) is -1.29. The van der Waals surface area contributed by atoms with Gasteiger partial charge in [0.2, 0.25) is 5.91 Å². The molecule has 0 fully saturated rings. The maximum atomic E-state index is 12.6. The molecule has 1 aliphatic rings. The molecule has 0 bridgehead atoms. The quantitative estimate of drug-likeness (QED) is 0.498. The van der Waals surface area contributed by atoms with Crippen molar-refractivity contribution in [1.29, 1.82) is 0 Å². The Labute approximate surface area is 194 Å². The van der Waals surface area contributed by atoms with Crippen LogP contribution in [0.4, 0.5) is 4.79 Å². The first kappa shape index (κ1) is 24.3. The Morgan fingerprint density at radius 3 is 2.03 bits per heavy atom. The van der Waals surface area contributed by atoms with Gasteiger partial charge in [-0.2, -0.15) is 0 Å². The van der Waals surface area contributed by atoms with Crippen molar-refractivity contribution >= 4 is 18.0 Å². The van der Waals surface area contributed by atoms with Crippen molar-refractivity contribution in [2.24, 2.45) is 5.92 Å². The van der Waals surface area contributed by atoms with Crippen LogP contribution in [0.15, 0.2) is 48.5 Å². The number of carboxylic acid groups (broad SMARTS) is 1. The van der Waals surface area contributed by atoms with Gasteiger partial charge in [-0.15, -0.1) is 0 Å². The van der Waals surface area contributed by atoms with Gasteiger partial charge in [-0.05, 0) is 34.6 Å². The molecular formula is C26H32N2O5. The third kappa shape index (κ3) is 6.12. The number of amides is 2. The van der Waals surface area contributed by atoms with E-state index in [9.17, 15) is 14.4 Å². The number of hydrogen-bond acceptors (Lipinski definition) is 4. The molecule has 3 rings (SSSR count). The average molecular weight is 453 g/mol. The first-order valence-corrected chi connectivity index (χ1v) is 11.4. The summed E-state index contributed by atoms with van der Waals surface area (Å²) >= 11 is 0. The molecule has 7 heteroatoms. The minimum Gasteiger partial charge on any atom is -0.481 e. The van der Waals surface area contributed by atoms with Crippen LogP contribution in [0.1, 0.15) is 57.1 Å². The number of aliphatic carboxylic acids is 1. The summed E-state index contributed by atoms with van der Waals surface area (Å²) in [6.07, 6.45) is -0.128. The second kappa shape index (κ2) is 11.0. The van der Waals surface area contributed by atoms with Crippen molar-refractivity contribution in [3.8, 4) is 11.1 Å². The third-order valence-electron chi connectivity index (χ3n) is 6.14. The zero-order valence-electron chi connectivity index (χ0n) is 19.3. The number of carbonyl (C=O) groups excluding carboxylic acids is 2. The Hall–Kier alpha value is -3.35. The summed E-state index contributed by atoms with van der Waals surface area (Å²) in [6.45, 7) is 5.85. The number of nitrogens with one attached hydrogen (secondary N) is 2. The molecule has 176 valence electrons. The number of ether oxygens (including phenoxy) is 1. The molecule has 2 atom stereocenters. The van der Waals surface area contributed by atoms with Gasteiger partial charge < -0.3 is 20.5 Å². The maximum Gasteiger partial charge on any atom is 0.407 e. The second-order valence-electron chi connectivity index (χ2n) is 8.80. The maximum absolute atomic E-state index is 12.6. The summed E-state index contributed by atoms with van der Waals surface area (Å²) in [7, 11) is 0. The molecule has 2 amide bonds. The lowest BCUT2D eigenvalue weighted by Crippen LogP contribution is -2.45. The van der Waals surface area contributed by atoms with E-state index in [0.717, 1.165) is 22.3 Å². The minimum atomic E-state index is -0.959. The molecule has 1 aliphatic carbocycles. The van der Waals surface area contributed by atoms with Crippen LogP contribution >= 0.6 is 0 Å². The van der Waals surface area contributed by atoms with Crippen LogP contribution in [0.5, 0.6) is 0 Å². The first-order chi connectivity index (χ1) is 15.8. The molecule has 33 heavy (non-hydrogen) atoms. The molecule has 0 spiro atoms. The van der Waals surface area contributed by atoms with Crippen LogP contribution in [-0.4, -0.2) is 41.8 Å². The van der Waals surface area contributed by atoms with Gasteiger partial charge in [-0.25, -0.2) is 4.79 Å². The van der Waals surface area contributed by atoms with Crippen molar-refractivity contribution in [1.82, 2.24) is 10.6 Å². The van der Waals surface area contributed by atoms with Crippen LogP contribution in [0.3, 0.4) is 0 Å². The largest absolute Gasteiger partial charge is 0.481 e. The van der Waals surface area contributed by atoms with Crippen molar-refractivity contribution in [2.75, 3.05) is 6.61 Å². The molecule has 3 N–H and O–H groups in total. The van der Waals surface area contributed by atoms with E-state index in [1.807, 2.05) is 45.0 Å². The Kier molecular flexibility index (Phi) is 8.09. The van der Waals surface area contributed by atoms with Crippen molar-refractivity contribution in [3.05, 3.63) is 59.7 Å². The minimum absolute atomic E-state index is 0.00390. The normalized spacial score (nSPS) is 14.2. The fourth-order valence-electron chi connectivity index (χ4n) is 4.24. The average Bonchev–Trinajstić information content (AvgIpc) is 3.10. The first-order valence-electron chi connectivity index (χ1n) is 11.4. The number of fused-ring (bicyclic) bond motifs is 3. The number of hydrogen-bond donors (Lipinski definition) is 3. The van der Waals surface area contributed by atoms with Gasteiger partial charge >= 0.3 is 12.1 Å². The van der Waals surface area contributed by atoms with E-state index in [1.54, 1.807) is 0 Å². The van der Waals surface area contributed by atoms with Crippen LogP contribution in [-0.2, 0) is 14.3 Å². The summed E-state index contributed by atoms with van der Waals surface area (Å²) in [6, 6.07) is 15.4. The number of alkyl carbamates (subject to hydrolysis) is 1. The molecule has 0 saturated heterocycles. The lowest BCUT2D eigenvalue weighted by Gasteiger charge is -2.24. The Morgan fingerprint density at radius 2 is 1.52 bits per heavy atom. The molecule has 0 radical (unpaired) electrons. The van der Waals surface area contributed by atoms with Gasteiger partial charge in [0.25, 0.3) is 0 Å². The summed E-state index contributed by atoms with van der Waals surface area (Å²) in [4.78, 5) is 36.0. The Bertz CT molecular complexity index is 958. The van der Waals surface area contributed by atoms with Crippen molar-refractivity contribution in [2.45, 2.75) is 58.0 Å². The number of carboxylic acids is 1. The van der Waals surface area contributed by atoms with Crippen LogP contribution in [0, 0.1) is 5.92 Å². The van der Waals surface area contributed by atoms with E-state index in [0.29, 0.717) is 6.42 Å². The predicted octanol–water partition coefficient (Wildman–Crippen LogP) is 4.31. The lowest BCUT2D eigenvalue weighted by atomic mass is 9.98. The standard InChI is InChI=1S/C26H32N2O5/c1-4-17(13-25(30)31)27-24(29)14-23(16(2)3)28-26(32)33-15-22-20-11-7-5-9-18(20)19-10-6-8-12-21(19)22/h5-12,16-17,22-23H,4,13-15H2,1-3H3,(H,27,29)(H,28,32)(H,30,31)/t17-,23+/m1/s1. The Balaban J connectivity index is 1.59. The molecular weight excluding hydrogens is 420 g/mol. The monoisotopic (exact) mass is 452 g/mol.